The van der Waals surface area contributed by atoms with Gasteiger partial charge in [-0.3, -0.25) is 4.79 Å². The largest absolute Gasteiger partial charge is 0.352 e. The highest BCUT2D eigenvalue weighted by molar-refractivity contribution is 6.30. The van der Waals surface area contributed by atoms with Gasteiger partial charge in [-0.2, -0.15) is 0 Å². The van der Waals surface area contributed by atoms with E-state index in [2.05, 4.69) is 27.5 Å². The summed E-state index contributed by atoms with van der Waals surface area (Å²) in [6.07, 6.45) is 0.946. The van der Waals surface area contributed by atoms with Crippen LogP contribution in [0.3, 0.4) is 0 Å². The number of carbonyl (C=O) groups is 1. The molecular formula is C16H19ClN4O. The molecule has 0 aliphatic rings. The van der Waals surface area contributed by atoms with E-state index < -0.39 is 0 Å². The molecule has 0 saturated carbocycles. The maximum Gasteiger partial charge on any atom is 0.274 e. The van der Waals surface area contributed by atoms with Crippen LogP contribution in [0.25, 0.3) is 0 Å². The van der Waals surface area contributed by atoms with Crippen molar-refractivity contribution in [1.82, 2.24) is 9.97 Å². The lowest BCUT2D eigenvalue weighted by atomic mass is 10.2. The minimum atomic E-state index is -0.292. The van der Waals surface area contributed by atoms with E-state index in [1.807, 2.05) is 13.8 Å². The van der Waals surface area contributed by atoms with Gasteiger partial charge in [0.2, 0.25) is 5.95 Å². The molecule has 2 aromatic rings. The third-order valence-electron chi connectivity index (χ3n) is 3.16. The summed E-state index contributed by atoms with van der Waals surface area (Å²) < 4.78 is 0. The quantitative estimate of drug-likeness (QED) is 0.877. The van der Waals surface area contributed by atoms with Gasteiger partial charge in [-0.05, 0) is 44.5 Å². The van der Waals surface area contributed by atoms with Crippen molar-refractivity contribution in [3.63, 3.8) is 0 Å². The Labute approximate surface area is 135 Å². The number of benzene rings is 1. The number of aryl methyl sites for hydroxylation is 1. The Morgan fingerprint density at radius 1 is 1.32 bits per heavy atom. The van der Waals surface area contributed by atoms with Crippen molar-refractivity contribution in [2.45, 2.75) is 33.2 Å². The third-order valence-corrected chi connectivity index (χ3v) is 3.39. The maximum atomic E-state index is 12.3. The van der Waals surface area contributed by atoms with E-state index in [0.29, 0.717) is 22.4 Å². The van der Waals surface area contributed by atoms with Gasteiger partial charge in [0.1, 0.15) is 5.69 Å². The highest BCUT2D eigenvalue weighted by atomic mass is 35.5. The molecule has 2 N–H and O–H groups in total. The topological polar surface area (TPSA) is 66.9 Å². The molecule has 1 atom stereocenters. The van der Waals surface area contributed by atoms with Crippen molar-refractivity contribution in [3.8, 4) is 0 Å². The second-order valence-electron chi connectivity index (χ2n) is 5.14. The van der Waals surface area contributed by atoms with Crippen LogP contribution in [0.1, 0.15) is 36.5 Å². The van der Waals surface area contributed by atoms with Crippen LogP contribution in [0.15, 0.2) is 30.3 Å². The molecule has 1 unspecified atom stereocenters. The minimum Gasteiger partial charge on any atom is -0.352 e. The van der Waals surface area contributed by atoms with Crippen LogP contribution >= 0.6 is 11.6 Å². The van der Waals surface area contributed by atoms with Gasteiger partial charge in [-0.15, -0.1) is 0 Å². The smallest absolute Gasteiger partial charge is 0.274 e. The van der Waals surface area contributed by atoms with Crippen molar-refractivity contribution >= 4 is 29.1 Å². The molecule has 1 amide bonds. The summed E-state index contributed by atoms with van der Waals surface area (Å²) in [6, 6.07) is 8.88. The first-order valence-electron chi connectivity index (χ1n) is 7.17. The molecule has 1 heterocycles. The van der Waals surface area contributed by atoms with E-state index in [4.69, 9.17) is 11.6 Å². The highest BCUT2D eigenvalue weighted by Crippen LogP contribution is 2.16. The monoisotopic (exact) mass is 318 g/mol. The van der Waals surface area contributed by atoms with Crippen molar-refractivity contribution in [2.75, 3.05) is 10.6 Å². The second kappa shape index (κ2) is 7.22. The first-order chi connectivity index (χ1) is 10.5. The average molecular weight is 319 g/mol. The molecule has 22 heavy (non-hydrogen) atoms. The molecule has 0 aliphatic heterocycles. The molecule has 0 saturated heterocycles. The zero-order valence-corrected chi connectivity index (χ0v) is 13.6. The van der Waals surface area contributed by atoms with Crippen molar-refractivity contribution < 1.29 is 4.79 Å². The summed E-state index contributed by atoms with van der Waals surface area (Å²) in [5.74, 6) is 0.172. The number of amides is 1. The number of nitrogens with one attached hydrogen (secondary N) is 2. The lowest BCUT2D eigenvalue weighted by Crippen LogP contribution is -2.19. The fourth-order valence-electron chi connectivity index (χ4n) is 1.83. The van der Waals surface area contributed by atoms with Gasteiger partial charge in [-0.1, -0.05) is 24.6 Å². The summed E-state index contributed by atoms with van der Waals surface area (Å²) in [6.45, 7) is 5.94. The summed E-state index contributed by atoms with van der Waals surface area (Å²) in [5.41, 5.74) is 1.68. The van der Waals surface area contributed by atoms with Gasteiger partial charge in [0.15, 0.2) is 0 Å². The van der Waals surface area contributed by atoms with Gasteiger partial charge in [0, 0.05) is 22.4 Å². The molecule has 0 bridgehead atoms. The molecule has 0 radical (unpaired) electrons. The first-order valence-corrected chi connectivity index (χ1v) is 7.55. The van der Waals surface area contributed by atoms with E-state index in [-0.39, 0.29) is 11.9 Å². The number of hydrogen-bond donors (Lipinski definition) is 2. The Balaban J connectivity index is 2.18. The Morgan fingerprint density at radius 2 is 2.09 bits per heavy atom. The molecule has 0 fully saturated rings. The zero-order valence-electron chi connectivity index (χ0n) is 12.9. The van der Waals surface area contributed by atoms with Crippen LogP contribution < -0.4 is 10.6 Å². The molecule has 6 heteroatoms. The Bertz CT molecular complexity index is 675. The number of nitrogens with zero attached hydrogens (tertiary/aromatic N) is 2. The van der Waals surface area contributed by atoms with Crippen LogP contribution in [0, 0.1) is 6.92 Å². The van der Waals surface area contributed by atoms with Gasteiger partial charge in [0.25, 0.3) is 5.91 Å². The lowest BCUT2D eigenvalue weighted by Gasteiger charge is -2.13. The predicted molar refractivity (Wildman–Crippen MR) is 89.5 cm³/mol. The van der Waals surface area contributed by atoms with E-state index in [1.54, 1.807) is 30.3 Å². The van der Waals surface area contributed by atoms with Crippen LogP contribution in [0.4, 0.5) is 11.6 Å². The van der Waals surface area contributed by atoms with E-state index in [1.165, 1.54) is 0 Å². The summed E-state index contributed by atoms with van der Waals surface area (Å²) in [5, 5.41) is 6.52. The van der Waals surface area contributed by atoms with Crippen LogP contribution in [0.5, 0.6) is 0 Å². The Morgan fingerprint density at radius 3 is 2.77 bits per heavy atom. The molecule has 0 aliphatic carbocycles. The Hall–Kier alpha value is -2.14. The maximum absolute atomic E-state index is 12.3. The fourth-order valence-corrected chi connectivity index (χ4v) is 2.02. The summed E-state index contributed by atoms with van der Waals surface area (Å²) >= 11 is 5.91. The molecule has 2 rings (SSSR count). The van der Waals surface area contributed by atoms with Crippen LogP contribution in [0.2, 0.25) is 5.02 Å². The van der Waals surface area contributed by atoms with Gasteiger partial charge in [-0.25, -0.2) is 9.97 Å². The number of hydrogen-bond acceptors (Lipinski definition) is 4. The van der Waals surface area contributed by atoms with E-state index in [0.717, 1.165) is 12.1 Å². The van der Waals surface area contributed by atoms with Crippen LogP contribution in [-0.4, -0.2) is 21.9 Å². The standard InChI is InChI=1S/C16H19ClN4O/c1-4-10(2)18-16-19-11(3)8-14(21-16)15(22)20-13-7-5-6-12(17)9-13/h5-10H,4H2,1-3H3,(H,20,22)(H,18,19,21). The molecule has 1 aromatic heterocycles. The van der Waals surface area contributed by atoms with E-state index in [9.17, 15) is 4.79 Å². The first kappa shape index (κ1) is 16.2. The lowest BCUT2D eigenvalue weighted by molar-refractivity contribution is 0.102. The van der Waals surface area contributed by atoms with Gasteiger partial charge in [0.05, 0.1) is 0 Å². The number of anilines is 2. The zero-order chi connectivity index (χ0) is 16.1. The Kier molecular flexibility index (Phi) is 5.33. The third kappa shape index (κ3) is 4.43. The van der Waals surface area contributed by atoms with Crippen molar-refractivity contribution in [2.24, 2.45) is 0 Å². The normalized spacial score (nSPS) is 11.8. The van der Waals surface area contributed by atoms with Gasteiger partial charge >= 0.3 is 0 Å². The van der Waals surface area contributed by atoms with Crippen LogP contribution in [-0.2, 0) is 0 Å². The number of aromatic nitrogens is 2. The van der Waals surface area contributed by atoms with E-state index >= 15 is 0 Å². The number of halogens is 1. The molecular weight excluding hydrogens is 300 g/mol. The fraction of sp³-hybridized carbons (Fsp3) is 0.312. The SMILES string of the molecule is CCC(C)Nc1nc(C)cc(C(=O)Nc2cccc(Cl)c2)n1. The van der Waals surface area contributed by atoms with Gasteiger partial charge < -0.3 is 10.6 Å². The highest BCUT2D eigenvalue weighted by Gasteiger charge is 2.12. The average Bonchev–Trinajstić information content (AvgIpc) is 2.46. The van der Waals surface area contributed by atoms with Crippen molar-refractivity contribution in [1.29, 1.82) is 0 Å². The summed E-state index contributed by atoms with van der Waals surface area (Å²) in [7, 11) is 0. The molecule has 116 valence electrons. The number of rotatable bonds is 5. The molecule has 0 spiro atoms. The summed E-state index contributed by atoms with van der Waals surface area (Å²) in [4.78, 5) is 20.9. The number of carbonyl (C=O) groups excluding carboxylic acids is 1. The molecule has 5 nitrogen and oxygen atoms in total. The van der Waals surface area contributed by atoms with Crippen molar-refractivity contribution in [3.05, 3.63) is 46.7 Å². The predicted octanol–water partition coefficient (Wildman–Crippen LogP) is 3.90. The molecule has 1 aromatic carbocycles. The second-order valence-corrected chi connectivity index (χ2v) is 5.57. The minimum absolute atomic E-state index is 0.241.